The molecule has 1 aliphatic rings. The molecule has 5 nitrogen and oxygen atoms in total. The monoisotopic (exact) mass is 524 g/mol. The van der Waals surface area contributed by atoms with E-state index in [2.05, 4.69) is 26.0 Å². The molecule has 0 atom stereocenters. The van der Waals surface area contributed by atoms with Gasteiger partial charge in [0.15, 0.2) is 0 Å². The van der Waals surface area contributed by atoms with Gasteiger partial charge < -0.3 is 0 Å². The zero-order valence-electron chi connectivity index (χ0n) is 17.8. The first-order chi connectivity index (χ1) is 16.7. The number of nitrogens with zero attached hydrogens (tertiary/aromatic N) is 3. The molecular formula is C27H17BrN4OS. The Bertz CT molecular complexity index is 1630. The number of aromatic nitrogens is 3. The molecular weight excluding hydrogens is 508 g/mol. The van der Waals surface area contributed by atoms with Crippen LogP contribution in [0.1, 0.15) is 11.1 Å². The highest BCUT2D eigenvalue weighted by Crippen LogP contribution is 2.33. The molecule has 3 heterocycles. The number of halogens is 1. The first-order valence-electron chi connectivity index (χ1n) is 10.6. The number of benzene rings is 3. The van der Waals surface area contributed by atoms with Crippen LogP contribution in [-0.4, -0.2) is 21.0 Å². The average Bonchev–Trinajstić information content (AvgIpc) is 3.59. The number of hydrogen-bond donors (Lipinski definition) is 1. The Labute approximate surface area is 207 Å². The lowest BCUT2D eigenvalue weighted by atomic mass is 10.0. The van der Waals surface area contributed by atoms with Gasteiger partial charge in [-0.2, -0.15) is 4.68 Å². The number of rotatable bonds is 4. The van der Waals surface area contributed by atoms with E-state index in [1.165, 1.54) is 16.0 Å². The van der Waals surface area contributed by atoms with Gasteiger partial charge in [0.2, 0.25) is 5.13 Å². The molecule has 5 aromatic rings. The van der Waals surface area contributed by atoms with Crippen LogP contribution in [0.2, 0.25) is 0 Å². The fraction of sp³-hybridized carbons (Fsp3) is 0. The Kier molecular flexibility index (Phi) is 5.20. The minimum Gasteiger partial charge on any atom is -0.288 e. The minimum atomic E-state index is -0.152. The third kappa shape index (κ3) is 3.69. The van der Waals surface area contributed by atoms with Crippen molar-refractivity contribution in [2.75, 3.05) is 0 Å². The van der Waals surface area contributed by atoms with Gasteiger partial charge in [0, 0.05) is 38.3 Å². The van der Waals surface area contributed by atoms with Gasteiger partial charge >= 0.3 is 0 Å². The molecule has 0 saturated heterocycles. The number of fused-ring (bicyclic) bond motifs is 1. The number of hydrogen-bond acceptors (Lipinski definition) is 4. The summed E-state index contributed by atoms with van der Waals surface area (Å²) in [7, 11) is 0. The third-order valence-corrected chi connectivity index (χ3v) is 7.02. The first kappa shape index (κ1) is 20.8. The van der Waals surface area contributed by atoms with Crippen molar-refractivity contribution in [3.63, 3.8) is 0 Å². The summed E-state index contributed by atoms with van der Waals surface area (Å²) in [5.41, 5.74) is 6.75. The summed E-state index contributed by atoms with van der Waals surface area (Å²) in [4.78, 5) is 22.9. The van der Waals surface area contributed by atoms with Gasteiger partial charge in [0.05, 0.1) is 22.6 Å². The molecule has 0 saturated carbocycles. The lowest BCUT2D eigenvalue weighted by Gasteiger charge is -2.01. The van der Waals surface area contributed by atoms with Crippen molar-refractivity contribution >= 4 is 50.8 Å². The van der Waals surface area contributed by atoms with Crippen molar-refractivity contribution in [1.82, 2.24) is 14.8 Å². The van der Waals surface area contributed by atoms with E-state index in [1.807, 2.05) is 96.5 Å². The van der Waals surface area contributed by atoms with Crippen molar-refractivity contribution in [3.8, 4) is 27.6 Å². The van der Waals surface area contributed by atoms with E-state index in [0.29, 0.717) is 10.7 Å². The summed E-state index contributed by atoms with van der Waals surface area (Å²) in [6.07, 6.45) is 3.72. The predicted octanol–water partition coefficient (Wildman–Crippen LogP) is 6.98. The van der Waals surface area contributed by atoms with E-state index in [-0.39, 0.29) is 5.56 Å². The zero-order valence-corrected chi connectivity index (χ0v) is 20.2. The molecule has 7 heteroatoms. The number of para-hydroxylation sites is 1. The summed E-state index contributed by atoms with van der Waals surface area (Å²) in [6.45, 7) is 0. The largest absolute Gasteiger partial charge is 0.288 e. The maximum absolute atomic E-state index is 13.7. The maximum Gasteiger partial charge on any atom is 0.281 e. The molecule has 1 aliphatic heterocycles. The van der Waals surface area contributed by atoms with E-state index in [4.69, 9.17) is 4.98 Å². The topological polar surface area (TPSA) is 63.0 Å². The van der Waals surface area contributed by atoms with Gasteiger partial charge in [-0.25, -0.2) is 4.98 Å². The highest BCUT2D eigenvalue weighted by atomic mass is 79.9. The Morgan fingerprint density at radius 3 is 2.50 bits per heavy atom. The van der Waals surface area contributed by atoms with Crippen molar-refractivity contribution in [2.24, 2.45) is 4.99 Å². The standard InChI is InChI=1S/C27H17BrN4OS/c28-20-12-10-17(11-13-20)24-16-34-27(30-24)32-26(33)22(25(31-32)18-6-2-1-3-7-18)14-19-15-29-23-9-5-4-8-21(19)23/h1-16,31H/b19-14+. The summed E-state index contributed by atoms with van der Waals surface area (Å²) >= 11 is 4.89. The van der Waals surface area contributed by atoms with Crippen molar-refractivity contribution in [2.45, 2.75) is 0 Å². The average molecular weight is 525 g/mol. The predicted molar refractivity (Wildman–Crippen MR) is 143 cm³/mol. The maximum atomic E-state index is 13.7. The summed E-state index contributed by atoms with van der Waals surface area (Å²) in [5, 5.41) is 5.86. The van der Waals surface area contributed by atoms with Crippen LogP contribution >= 0.6 is 27.3 Å². The Hall–Kier alpha value is -3.81. The van der Waals surface area contributed by atoms with Crippen molar-refractivity contribution in [1.29, 1.82) is 0 Å². The van der Waals surface area contributed by atoms with E-state index in [9.17, 15) is 4.79 Å². The number of H-pyrrole nitrogens is 1. The molecule has 0 aliphatic carbocycles. The Balaban J connectivity index is 1.49. The van der Waals surface area contributed by atoms with E-state index < -0.39 is 0 Å². The van der Waals surface area contributed by atoms with Crippen LogP contribution in [0.15, 0.2) is 98.5 Å². The third-order valence-electron chi connectivity index (χ3n) is 5.67. The van der Waals surface area contributed by atoms with Crippen LogP contribution in [-0.2, 0) is 0 Å². The highest BCUT2D eigenvalue weighted by Gasteiger charge is 2.20. The molecule has 3 aromatic carbocycles. The molecule has 0 unspecified atom stereocenters. The lowest BCUT2D eigenvalue weighted by molar-refractivity contribution is 0.843. The Morgan fingerprint density at radius 1 is 0.912 bits per heavy atom. The molecule has 0 radical (unpaired) electrons. The molecule has 0 spiro atoms. The van der Waals surface area contributed by atoms with Gasteiger partial charge in [0.1, 0.15) is 0 Å². The zero-order chi connectivity index (χ0) is 23.1. The number of thiazole rings is 1. The van der Waals surface area contributed by atoms with Gasteiger partial charge in [-0.3, -0.25) is 14.9 Å². The van der Waals surface area contributed by atoms with Crippen LogP contribution in [0.5, 0.6) is 0 Å². The normalized spacial score (nSPS) is 13.5. The van der Waals surface area contributed by atoms with E-state index in [1.54, 1.807) is 0 Å². The Morgan fingerprint density at radius 2 is 1.68 bits per heavy atom. The van der Waals surface area contributed by atoms with Crippen molar-refractivity contribution in [3.05, 3.63) is 110 Å². The van der Waals surface area contributed by atoms with Crippen LogP contribution in [0, 0.1) is 0 Å². The molecule has 0 amide bonds. The van der Waals surface area contributed by atoms with Crippen LogP contribution in [0.25, 0.3) is 39.3 Å². The van der Waals surface area contributed by atoms with Crippen molar-refractivity contribution < 1.29 is 0 Å². The highest BCUT2D eigenvalue weighted by molar-refractivity contribution is 9.10. The van der Waals surface area contributed by atoms with Crippen LogP contribution in [0.4, 0.5) is 5.69 Å². The van der Waals surface area contributed by atoms with Gasteiger partial charge in [-0.05, 0) is 24.3 Å². The number of aliphatic imine (C=N–C) groups is 1. The molecule has 6 rings (SSSR count). The lowest BCUT2D eigenvalue weighted by Crippen LogP contribution is -2.15. The molecule has 0 bridgehead atoms. The molecule has 164 valence electrons. The smallest absolute Gasteiger partial charge is 0.281 e. The number of aromatic amines is 1. The fourth-order valence-corrected chi connectivity index (χ4v) is 5.03. The van der Waals surface area contributed by atoms with E-state index >= 15 is 0 Å². The second-order valence-electron chi connectivity index (χ2n) is 7.80. The quantitative estimate of drug-likeness (QED) is 0.275. The summed E-state index contributed by atoms with van der Waals surface area (Å²) in [6, 6.07) is 25.8. The minimum absolute atomic E-state index is 0.152. The first-order valence-corrected chi connectivity index (χ1v) is 12.3. The molecule has 34 heavy (non-hydrogen) atoms. The summed E-state index contributed by atoms with van der Waals surface area (Å²) in [5.74, 6) is 0. The SMILES string of the molecule is O=c1c(/C=C2\C=Nc3ccccc32)c(-c2ccccc2)[nH]n1-c1nc(-c2ccc(Br)cc2)cs1. The molecule has 0 fully saturated rings. The van der Waals surface area contributed by atoms with Crippen LogP contribution < -0.4 is 5.56 Å². The molecule has 1 N–H and O–H groups in total. The van der Waals surface area contributed by atoms with Gasteiger partial charge in [-0.15, -0.1) is 11.3 Å². The van der Waals surface area contributed by atoms with Gasteiger partial charge in [0.25, 0.3) is 5.56 Å². The van der Waals surface area contributed by atoms with Crippen LogP contribution in [0.3, 0.4) is 0 Å². The van der Waals surface area contributed by atoms with Gasteiger partial charge in [-0.1, -0.05) is 76.6 Å². The number of nitrogens with one attached hydrogen (secondary N) is 1. The summed E-state index contributed by atoms with van der Waals surface area (Å²) < 4.78 is 2.54. The fourth-order valence-electron chi connectivity index (χ4n) is 3.97. The molecule has 2 aromatic heterocycles. The number of allylic oxidation sites excluding steroid dienone is 1. The second-order valence-corrected chi connectivity index (χ2v) is 9.56. The second kappa shape index (κ2) is 8.52. The van der Waals surface area contributed by atoms with E-state index in [0.717, 1.165) is 43.8 Å².